The summed E-state index contributed by atoms with van der Waals surface area (Å²) in [5.74, 6) is 0.638. The van der Waals surface area contributed by atoms with Crippen molar-refractivity contribution in [2.75, 3.05) is 7.11 Å². The lowest BCUT2D eigenvalue weighted by Crippen LogP contribution is -2.00. The Balaban J connectivity index is 2.27. The van der Waals surface area contributed by atoms with Crippen LogP contribution in [0.5, 0.6) is 5.75 Å². The number of ether oxygens (including phenoxy) is 1. The number of sulfonamides is 1. The number of nitrogens with zero attached hydrogens (tertiary/aromatic N) is 2. The zero-order chi connectivity index (χ0) is 13.7. The van der Waals surface area contributed by atoms with Crippen LogP contribution in [0.4, 0.5) is 0 Å². The van der Waals surface area contributed by atoms with Crippen LogP contribution in [-0.2, 0) is 10.0 Å². The molecule has 98 valence electrons. The molecular formula is C13H12N2O3S. The fraction of sp³-hybridized carbons (Fsp3) is 0.0769. The van der Waals surface area contributed by atoms with Crippen molar-refractivity contribution in [2.45, 2.75) is 5.03 Å². The highest BCUT2D eigenvalue weighted by molar-refractivity contribution is 7.90. The Morgan fingerprint density at radius 1 is 1.21 bits per heavy atom. The van der Waals surface area contributed by atoms with Crippen LogP contribution in [0.1, 0.15) is 5.56 Å². The number of benzene rings is 1. The van der Waals surface area contributed by atoms with E-state index in [-0.39, 0.29) is 5.03 Å². The van der Waals surface area contributed by atoms with Gasteiger partial charge in [0.25, 0.3) is 10.0 Å². The molecule has 19 heavy (non-hydrogen) atoms. The van der Waals surface area contributed by atoms with Crippen LogP contribution in [0.2, 0.25) is 0 Å². The van der Waals surface area contributed by atoms with Gasteiger partial charge in [0, 0.05) is 12.4 Å². The lowest BCUT2D eigenvalue weighted by molar-refractivity contribution is 0.415. The molecule has 1 aromatic heterocycles. The van der Waals surface area contributed by atoms with Crippen molar-refractivity contribution in [3.05, 3.63) is 54.2 Å². The molecule has 0 N–H and O–H groups in total. The van der Waals surface area contributed by atoms with Gasteiger partial charge in [-0.15, -0.1) is 0 Å². The SMILES string of the molecule is COc1cccc(/C=N/S(=O)(=O)c2ccccn2)c1. The molecule has 0 unspecified atom stereocenters. The number of methoxy groups -OCH3 is 1. The molecule has 0 radical (unpaired) electrons. The molecule has 0 aliphatic heterocycles. The molecule has 0 fully saturated rings. The molecule has 0 aliphatic carbocycles. The van der Waals surface area contributed by atoms with Gasteiger partial charge in [-0.2, -0.15) is 12.8 Å². The molecule has 1 aromatic carbocycles. The van der Waals surface area contributed by atoms with E-state index in [4.69, 9.17) is 4.74 Å². The molecule has 0 atom stereocenters. The fourth-order valence-corrected chi connectivity index (χ4v) is 2.22. The molecule has 2 rings (SSSR count). The maximum Gasteiger partial charge on any atom is 0.299 e. The van der Waals surface area contributed by atoms with Gasteiger partial charge in [0.1, 0.15) is 5.75 Å². The molecule has 0 spiro atoms. The predicted octanol–water partition coefficient (Wildman–Crippen LogP) is 1.90. The Hall–Kier alpha value is -2.21. The fourth-order valence-electron chi connectivity index (χ4n) is 1.41. The predicted molar refractivity (Wildman–Crippen MR) is 72.0 cm³/mol. The third-order valence-corrected chi connectivity index (χ3v) is 3.49. The Morgan fingerprint density at radius 3 is 2.74 bits per heavy atom. The summed E-state index contributed by atoms with van der Waals surface area (Å²) in [6, 6.07) is 11.6. The second-order valence-electron chi connectivity index (χ2n) is 3.65. The van der Waals surface area contributed by atoms with Crippen molar-refractivity contribution in [3.63, 3.8) is 0 Å². The minimum atomic E-state index is -3.76. The van der Waals surface area contributed by atoms with Gasteiger partial charge in [-0.05, 0) is 29.8 Å². The molecule has 0 saturated carbocycles. The average molecular weight is 276 g/mol. The molecule has 1 heterocycles. The summed E-state index contributed by atoms with van der Waals surface area (Å²) in [4.78, 5) is 3.77. The largest absolute Gasteiger partial charge is 0.497 e. The van der Waals surface area contributed by atoms with E-state index >= 15 is 0 Å². The average Bonchev–Trinajstić information content (AvgIpc) is 2.46. The Kier molecular flexibility index (Phi) is 3.91. The quantitative estimate of drug-likeness (QED) is 0.800. The first-order valence-corrected chi connectivity index (χ1v) is 6.91. The third kappa shape index (κ3) is 3.38. The molecule has 0 aliphatic rings. The Labute approximate surface area is 111 Å². The van der Waals surface area contributed by atoms with Crippen LogP contribution in [0.3, 0.4) is 0 Å². The maximum atomic E-state index is 11.9. The van der Waals surface area contributed by atoms with E-state index < -0.39 is 10.0 Å². The van der Waals surface area contributed by atoms with E-state index in [9.17, 15) is 8.42 Å². The van der Waals surface area contributed by atoms with E-state index in [1.807, 2.05) is 0 Å². The van der Waals surface area contributed by atoms with Gasteiger partial charge >= 0.3 is 0 Å². The lowest BCUT2D eigenvalue weighted by Gasteiger charge is -2.00. The van der Waals surface area contributed by atoms with E-state index in [0.717, 1.165) is 0 Å². The maximum absolute atomic E-state index is 11.9. The molecule has 0 bridgehead atoms. The number of hydrogen-bond donors (Lipinski definition) is 0. The highest BCUT2D eigenvalue weighted by Gasteiger charge is 2.12. The molecular weight excluding hydrogens is 264 g/mol. The highest BCUT2D eigenvalue weighted by atomic mass is 32.2. The topological polar surface area (TPSA) is 68.6 Å². The standard InChI is InChI=1S/C13H12N2O3S/c1-18-12-6-4-5-11(9-12)10-15-19(16,17)13-7-2-3-8-14-13/h2-10H,1H3/b15-10+. The van der Waals surface area contributed by atoms with Gasteiger partial charge in [0.2, 0.25) is 0 Å². The van der Waals surface area contributed by atoms with E-state index in [2.05, 4.69) is 9.38 Å². The summed E-state index contributed by atoms with van der Waals surface area (Å²) in [6.45, 7) is 0. The Morgan fingerprint density at radius 2 is 2.05 bits per heavy atom. The van der Waals surface area contributed by atoms with Crippen molar-refractivity contribution in [1.29, 1.82) is 0 Å². The van der Waals surface area contributed by atoms with Crippen molar-refractivity contribution < 1.29 is 13.2 Å². The summed E-state index contributed by atoms with van der Waals surface area (Å²) in [5.41, 5.74) is 0.638. The first-order valence-electron chi connectivity index (χ1n) is 5.47. The van der Waals surface area contributed by atoms with Gasteiger partial charge in [0.05, 0.1) is 7.11 Å². The van der Waals surface area contributed by atoms with E-state index in [1.165, 1.54) is 18.5 Å². The van der Waals surface area contributed by atoms with Gasteiger partial charge in [-0.3, -0.25) is 0 Å². The van der Waals surface area contributed by atoms with E-state index in [1.54, 1.807) is 43.5 Å². The van der Waals surface area contributed by atoms with Crippen LogP contribution in [0.15, 0.2) is 58.1 Å². The van der Waals surface area contributed by atoms with Gasteiger partial charge in [0.15, 0.2) is 5.03 Å². The van der Waals surface area contributed by atoms with Crippen LogP contribution in [0.25, 0.3) is 0 Å². The summed E-state index contributed by atoms with van der Waals surface area (Å²) in [5, 5.41) is -0.0749. The second-order valence-corrected chi connectivity index (χ2v) is 5.23. The number of rotatable bonds is 4. The number of hydrogen-bond acceptors (Lipinski definition) is 4. The monoisotopic (exact) mass is 276 g/mol. The van der Waals surface area contributed by atoms with Crippen molar-refractivity contribution >= 4 is 16.2 Å². The van der Waals surface area contributed by atoms with Gasteiger partial charge in [-0.25, -0.2) is 4.98 Å². The van der Waals surface area contributed by atoms with Gasteiger partial charge < -0.3 is 4.74 Å². The molecule has 0 amide bonds. The summed E-state index contributed by atoms with van der Waals surface area (Å²) >= 11 is 0. The van der Waals surface area contributed by atoms with E-state index in [0.29, 0.717) is 11.3 Å². The van der Waals surface area contributed by atoms with Crippen molar-refractivity contribution in [1.82, 2.24) is 4.98 Å². The number of pyridine rings is 1. The van der Waals surface area contributed by atoms with Crippen molar-refractivity contribution in [2.24, 2.45) is 4.40 Å². The summed E-state index contributed by atoms with van der Waals surface area (Å²) in [7, 11) is -2.22. The zero-order valence-corrected chi connectivity index (χ0v) is 11.0. The zero-order valence-electron chi connectivity index (χ0n) is 10.2. The highest BCUT2D eigenvalue weighted by Crippen LogP contribution is 2.12. The van der Waals surface area contributed by atoms with Crippen LogP contribution in [0, 0.1) is 0 Å². The third-order valence-electron chi connectivity index (χ3n) is 2.34. The van der Waals surface area contributed by atoms with Crippen LogP contribution in [-0.4, -0.2) is 26.7 Å². The molecule has 5 nitrogen and oxygen atoms in total. The van der Waals surface area contributed by atoms with Crippen LogP contribution < -0.4 is 4.74 Å². The minimum absolute atomic E-state index is 0.0749. The summed E-state index contributed by atoms with van der Waals surface area (Å²) < 4.78 is 32.4. The first kappa shape index (κ1) is 13.2. The van der Waals surface area contributed by atoms with Crippen LogP contribution >= 0.6 is 0 Å². The number of aromatic nitrogens is 1. The smallest absolute Gasteiger partial charge is 0.299 e. The molecule has 2 aromatic rings. The molecule has 0 saturated heterocycles. The van der Waals surface area contributed by atoms with Gasteiger partial charge in [-0.1, -0.05) is 18.2 Å². The lowest BCUT2D eigenvalue weighted by atomic mass is 10.2. The minimum Gasteiger partial charge on any atom is -0.497 e. The summed E-state index contributed by atoms with van der Waals surface area (Å²) in [6.07, 6.45) is 2.68. The molecule has 6 heteroatoms. The Bertz CT molecular complexity index is 682. The normalized spacial score (nSPS) is 11.6. The van der Waals surface area contributed by atoms with Crippen molar-refractivity contribution in [3.8, 4) is 5.75 Å². The first-order chi connectivity index (χ1) is 9.12. The second kappa shape index (κ2) is 5.62.